The number of piperidine rings is 2. The summed E-state index contributed by atoms with van der Waals surface area (Å²) in [6.45, 7) is 6.26. The van der Waals surface area contributed by atoms with Gasteiger partial charge in [0.15, 0.2) is 0 Å². The van der Waals surface area contributed by atoms with E-state index in [4.69, 9.17) is 4.74 Å². The molecule has 1 atom stereocenters. The number of sulfonamides is 1. The van der Waals surface area contributed by atoms with Crippen molar-refractivity contribution >= 4 is 26.7 Å². The zero-order valence-corrected chi connectivity index (χ0v) is 22.6. The molecule has 1 unspecified atom stereocenters. The molecule has 0 bridgehead atoms. The number of rotatable bonds is 7. The summed E-state index contributed by atoms with van der Waals surface area (Å²) >= 11 is 0. The van der Waals surface area contributed by atoms with Gasteiger partial charge in [-0.3, -0.25) is 14.7 Å². The number of fused-ring (bicyclic) bond motifs is 1. The fourth-order valence-electron chi connectivity index (χ4n) is 5.97. The third-order valence-corrected chi connectivity index (χ3v) is 10.2. The number of carbonyl (C=O) groups is 1. The van der Waals surface area contributed by atoms with Crippen molar-refractivity contribution in [3.05, 3.63) is 36.7 Å². The molecule has 202 valence electrons. The highest BCUT2D eigenvalue weighted by molar-refractivity contribution is 7.89. The molecule has 3 aliphatic heterocycles. The monoisotopic (exact) mass is 529 g/mol. The molecule has 0 aliphatic carbocycles. The fraction of sp³-hybridized carbons (Fsp3) is 0.630. The molecular weight excluding hydrogens is 490 g/mol. The van der Waals surface area contributed by atoms with Crippen LogP contribution in [0.15, 0.2) is 41.6 Å². The molecule has 2 aromatic rings. The molecule has 9 nitrogen and oxygen atoms in total. The van der Waals surface area contributed by atoms with Crippen molar-refractivity contribution in [2.45, 2.75) is 49.1 Å². The molecule has 4 heterocycles. The van der Waals surface area contributed by atoms with Crippen molar-refractivity contribution in [3.8, 4) is 0 Å². The van der Waals surface area contributed by atoms with Gasteiger partial charge in [0, 0.05) is 68.0 Å². The van der Waals surface area contributed by atoms with E-state index >= 15 is 0 Å². The third kappa shape index (κ3) is 5.98. The highest BCUT2D eigenvalue weighted by Crippen LogP contribution is 2.30. The maximum absolute atomic E-state index is 13.7. The molecule has 10 heteroatoms. The zero-order chi connectivity index (χ0) is 25.8. The molecule has 0 radical (unpaired) electrons. The van der Waals surface area contributed by atoms with E-state index in [1.807, 2.05) is 11.0 Å². The van der Waals surface area contributed by atoms with Crippen LogP contribution >= 0.6 is 0 Å². The maximum atomic E-state index is 13.7. The first-order valence-electron chi connectivity index (χ1n) is 13.6. The lowest BCUT2D eigenvalue weighted by atomic mass is 10.0. The van der Waals surface area contributed by atoms with Gasteiger partial charge in [-0.15, -0.1) is 0 Å². The molecule has 3 fully saturated rings. The van der Waals surface area contributed by atoms with Crippen LogP contribution in [0, 0.1) is 0 Å². The van der Waals surface area contributed by atoms with Crippen molar-refractivity contribution < 1.29 is 17.9 Å². The van der Waals surface area contributed by atoms with Crippen molar-refractivity contribution in [1.82, 2.24) is 24.0 Å². The smallest absolute Gasteiger partial charge is 0.248 e. The van der Waals surface area contributed by atoms with E-state index in [-0.39, 0.29) is 25.2 Å². The SMILES string of the molecule is CN1CCC(N2CCN(C(=O)COCC3CCCCN3S(=O)(=O)c3cccc4cnccc34)CC2)CC1. The number of ether oxygens (including phenoxy) is 1. The van der Waals surface area contributed by atoms with Crippen molar-refractivity contribution in [2.75, 3.05) is 66.1 Å². The molecular formula is C27H39N5O4S. The van der Waals surface area contributed by atoms with Crippen molar-refractivity contribution in [2.24, 2.45) is 0 Å². The summed E-state index contributed by atoms with van der Waals surface area (Å²) in [7, 11) is -1.53. The highest BCUT2D eigenvalue weighted by Gasteiger charge is 2.35. The Hall–Kier alpha value is -2.11. The summed E-state index contributed by atoms with van der Waals surface area (Å²) in [6, 6.07) is 7.41. The van der Waals surface area contributed by atoms with Crippen LogP contribution in [0.5, 0.6) is 0 Å². The topological polar surface area (TPSA) is 86.3 Å². The Morgan fingerprint density at radius 3 is 2.57 bits per heavy atom. The van der Waals surface area contributed by atoms with E-state index in [0.29, 0.717) is 22.9 Å². The van der Waals surface area contributed by atoms with Gasteiger partial charge in [-0.25, -0.2) is 8.42 Å². The Morgan fingerprint density at radius 1 is 1.00 bits per heavy atom. The lowest BCUT2D eigenvalue weighted by Gasteiger charge is -2.42. The molecule has 5 rings (SSSR count). The van der Waals surface area contributed by atoms with Gasteiger partial charge in [-0.1, -0.05) is 18.6 Å². The summed E-state index contributed by atoms with van der Waals surface area (Å²) in [6.07, 6.45) is 8.21. The van der Waals surface area contributed by atoms with Gasteiger partial charge in [0.05, 0.1) is 11.5 Å². The van der Waals surface area contributed by atoms with Gasteiger partial charge >= 0.3 is 0 Å². The van der Waals surface area contributed by atoms with E-state index in [0.717, 1.165) is 63.9 Å². The largest absolute Gasteiger partial charge is 0.370 e. The van der Waals surface area contributed by atoms with Crippen LogP contribution in [0.4, 0.5) is 0 Å². The number of hydrogen-bond acceptors (Lipinski definition) is 7. The Morgan fingerprint density at radius 2 is 1.78 bits per heavy atom. The van der Waals surface area contributed by atoms with E-state index in [9.17, 15) is 13.2 Å². The first-order valence-corrected chi connectivity index (χ1v) is 15.0. The number of carbonyl (C=O) groups excluding carboxylic acids is 1. The van der Waals surface area contributed by atoms with Gasteiger partial charge in [-0.05, 0) is 58.0 Å². The summed E-state index contributed by atoms with van der Waals surface area (Å²) in [5.74, 6) is -0.00482. The second-order valence-electron chi connectivity index (χ2n) is 10.6. The number of nitrogens with zero attached hydrogens (tertiary/aromatic N) is 5. The highest BCUT2D eigenvalue weighted by atomic mass is 32.2. The standard InChI is InChI=1S/C27H39N5O4S/c1-29-13-9-23(10-14-29)30-15-17-31(18-16-30)27(33)21-36-20-24-6-2-3-12-32(24)37(34,35)26-7-4-5-22-19-28-11-8-25(22)26/h4-5,7-8,11,19,23-24H,2-3,6,9-10,12-18,20-21H2,1H3. The number of benzene rings is 1. The molecule has 3 aliphatic rings. The van der Waals surface area contributed by atoms with Crippen LogP contribution in [0.1, 0.15) is 32.1 Å². The molecule has 0 N–H and O–H groups in total. The summed E-state index contributed by atoms with van der Waals surface area (Å²) in [4.78, 5) is 24.1. The van der Waals surface area contributed by atoms with Gasteiger partial charge in [0.2, 0.25) is 15.9 Å². The molecule has 0 spiro atoms. The first kappa shape index (κ1) is 26.5. The average molecular weight is 530 g/mol. The quantitative estimate of drug-likeness (QED) is 0.543. The average Bonchev–Trinajstić information content (AvgIpc) is 2.93. The van der Waals surface area contributed by atoms with Gasteiger partial charge in [-0.2, -0.15) is 4.31 Å². The Kier molecular flexibility index (Phi) is 8.40. The minimum absolute atomic E-state index is 0.00144. The Labute approximate surface area is 220 Å². The van der Waals surface area contributed by atoms with Crippen molar-refractivity contribution in [3.63, 3.8) is 0 Å². The Balaban J connectivity index is 1.15. The van der Waals surface area contributed by atoms with Crippen LogP contribution in [0.3, 0.4) is 0 Å². The van der Waals surface area contributed by atoms with Crippen LogP contribution < -0.4 is 0 Å². The number of piperazine rings is 1. The third-order valence-electron chi connectivity index (χ3n) is 8.21. The van der Waals surface area contributed by atoms with Crippen LogP contribution in [0.25, 0.3) is 10.8 Å². The second-order valence-corrected chi connectivity index (χ2v) is 12.4. The lowest BCUT2D eigenvalue weighted by Crippen LogP contribution is -2.54. The predicted molar refractivity (Wildman–Crippen MR) is 143 cm³/mol. The molecule has 0 saturated carbocycles. The van der Waals surface area contributed by atoms with E-state index in [2.05, 4.69) is 21.8 Å². The predicted octanol–water partition coefficient (Wildman–Crippen LogP) is 2.03. The second kappa shape index (κ2) is 11.7. The maximum Gasteiger partial charge on any atom is 0.248 e. The minimum atomic E-state index is -3.71. The summed E-state index contributed by atoms with van der Waals surface area (Å²) in [5, 5.41) is 1.48. The summed E-state index contributed by atoms with van der Waals surface area (Å²) in [5.41, 5.74) is 0. The molecule has 1 aromatic heterocycles. The van der Waals surface area contributed by atoms with E-state index in [1.165, 1.54) is 12.8 Å². The molecule has 3 saturated heterocycles. The summed E-state index contributed by atoms with van der Waals surface area (Å²) < 4.78 is 34.9. The minimum Gasteiger partial charge on any atom is -0.370 e. The van der Waals surface area contributed by atoms with Crippen LogP contribution in [-0.2, 0) is 19.6 Å². The normalized spacial score (nSPS) is 23.5. The van der Waals surface area contributed by atoms with Gasteiger partial charge in [0.1, 0.15) is 6.61 Å². The number of hydrogen-bond donors (Lipinski definition) is 0. The van der Waals surface area contributed by atoms with Crippen LogP contribution in [-0.4, -0.2) is 116 Å². The number of likely N-dealkylation sites (tertiary alicyclic amines) is 1. The molecule has 37 heavy (non-hydrogen) atoms. The fourth-order valence-corrected chi connectivity index (χ4v) is 7.87. The number of aromatic nitrogens is 1. The lowest BCUT2D eigenvalue weighted by molar-refractivity contribution is -0.138. The number of pyridine rings is 1. The van der Waals surface area contributed by atoms with Crippen molar-refractivity contribution in [1.29, 1.82) is 0 Å². The first-order chi connectivity index (χ1) is 17.9. The number of amides is 1. The van der Waals surface area contributed by atoms with Crippen LogP contribution in [0.2, 0.25) is 0 Å². The Bertz CT molecular complexity index is 1170. The van der Waals surface area contributed by atoms with Gasteiger partial charge < -0.3 is 14.5 Å². The zero-order valence-electron chi connectivity index (χ0n) is 21.8. The van der Waals surface area contributed by atoms with E-state index in [1.54, 1.807) is 34.9 Å². The van der Waals surface area contributed by atoms with E-state index < -0.39 is 10.0 Å². The molecule has 1 aromatic carbocycles. The molecule has 1 amide bonds. The van der Waals surface area contributed by atoms with Gasteiger partial charge in [0.25, 0.3) is 0 Å².